The molecule has 2 aromatic rings. The smallest absolute Gasteiger partial charge is 0.227 e. The van der Waals surface area contributed by atoms with Crippen molar-refractivity contribution in [2.75, 3.05) is 24.5 Å². The molecule has 0 atom stereocenters. The summed E-state index contributed by atoms with van der Waals surface area (Å²) < 4.78 is 1.89. The van der Waals surface area contributed by atoms with E-state index < -0.39 is 0 Å². The first-order chi connectivity index (χ1) is 14.0. The van der Waals surface area contributed by atoms with E-state index in [4.69, 9.17) is 0 Å². The summed E-state index contributed by atoms with van der Waals surface area (Å²) in [6, 6.07) is 8.18. The standard InChI is InChI=1S/C22H32N6O/c1-5-23-22(25-15-19-16(2)26-27(4)17(19)3)24-13-8-11-21(29)28-14-12-18-9-6-7-10-20(18)28/h6-7,9-10H,5,8,11-15H2,1-4H3,(H2,23,24,25). The van der Waals surface area contributed by atoms with Gasteiger partial charge in [-0.15, -0.1) is 0 Å². The third kappa shape index (κ3) is 4.96. The minimum absolute atomic E-state index is 0.195. The van der Waals surface area contributed by atoms with E-state index in [1.807, 2.05) is 48.7 Å². The van der Waals surface area contributed by atoms with Gasteiger partial charge in [0.2, 0.25) is 5.91 Å². The van der Waals surface area contributed by atoms with Gasteiger partial charge >= 0.3 is 0 Å². The minimum Gasteiger partial charge on any atom is -0.357 e. The summed E-state index contributed by atoms with van der Waals surface area (Å²) in [7, 11) is 1.95. The highest BCUT2D eigenvalue weighted by Crippen LogP contribution is 2.27. The third-order valence-corrected chi connectivity index (χ3v) is 5.45. The highest BCUT2D eigenvalue weighted by atomic mass is 16.2. The fourth-order valence-electron chi connectivity index (χ4n) is 3.72. The van der Waals surface area contributed by atoms with Gasteiger partial charge in [-0.1, -0.05) is 18.2 Å². The predicted octanol–water partition coefficient (Wildman–Crippen LogP) is 2.46. The topological polar surface area (TPSA) is 74.5 Å². The molecule has 2 heterocycles. The predicted molar refractivity (Wildman–Crippen MR) is 117 cm³/mol. The molecule has 3 rings (SSSR count). The summed E-state index contributed by atoms with van der Waals surface area (Å²) in [5.74, 6) is 0.967. The number of benzene rings is 1. The van der Waals surface area contributed by atoms with E-state index in [1.54, 1.807) is 0 Å². The van der Waals surface area contributed by atoms with Crippen molar-refractivity contribution in [3.8, 4) is 0 Å². The van der Waals surface area contributed by atoms with Crippen LogP contribution in [-0.4, -0.2) is 41.3 Å². The monoisotopic (exact) mass is 396 g/mol. The Hall–Kier alpha value is -2.83. The number of anilines is 1. The molecular formula is C22H32N6O. The number of hydrogen-bond acceptors (Lipinski definition) is 3. The van der Waals surface area contributed by atoms with Crippen molar-refractivity contribution in [3.05, 3.63) is 46.8 Å². The summed E-state index contributed by atoms with van der Waals surface area (Å²) in [5.41, 5.74) is 5.65. The molecule has 0 unspecified atom stereocenters. The zero-order valence-corrected chi connectivity index (χ0v) is 18.0. The van der Waals surface area contributed by atoms with E-state index in [0.717, 1.165) is 54.5 Å². The number of para-hydroxylation sites is 1. The molecule has 156 valence electrons. The fraction of sp³-hybridized carbons (Fsp3) is 0.500. The zero-order valence-electron chi connectivity index (χ0n) is 18.0. The largest absolute Gasteiger partial charge is 0.357 e. The van der Waals surface area contributed by atoms with Crippen LogP contribution in [0.4, 0.5) is 5.69 Å². The summed E-state index contributed by atoms with van der Waals surface area (Å²) in [6.07, 6.45) is 2.25. The Morgan fingerprint density at radius 1 is 1.24 bits per heavy atom. The number of nitrogens with zero attached hydrogens (tertiary/aromatic N) is 4. The summed E-state index contributed by atoms with van der Waals surface area (Å²) >= 11 is 0. The van der Waals surface area contributed by atoms with Crippen LogP contribution in [0.2, 0.25) is 0 Å². The van der Waals surface area contributed by atoms with Crippen molar-refractivity contribution in [2.45, 2.75) is 46.6 Å². The second kappa shape index (κ2) is 9.58. The van der Waals surface area contributed by atoms with Crippen molar-refractivity contribution in [3.63, 3.8) is 0 Å². The van der Waals surface area contributed by atoms with Crippen molar-refractivity contribution in [1.29, 1.82) is 0 Å². The molecular weight excluding hydrogens is 364 g/mol. The molecule has 1 aromatic carbocycles. The number of guanidine groups is 1. The highest BCUT2D eigenvalue weighted by Gasteiger charge is 2.23. The van der Waals surface area contributed by atoms with Crippen LogP contribution in [0.3, 0.4) is 0 Å². The Morgan fingerprint density at radius 2 is 2.03 bits per heavy atom. The first-order valence-electron chi connectivity index (χ1n) is 10.4. The molecule has 1 amide bonds. The number of carbonyl (C=O) groups is 1. The maximum atomic E-state index is 12.6. The molecule has 0 saturated carbocycles. The van der Waals surface area contributed by atoms with Gasteiger partial charge in [0.15, 0.2) is 5.96 Å². The minimum atomic E-state index is 0.195. The van der Waals surface area contributed by atoms with Gasteiger partial charge in [-0.3, -0.25) is 9.48 Å². The average Bonchev–Trinajstić information content (AvgIpc) is 3.24. The lowest BCUT2D eigenvalue weighted by molar-refractivity contribution is -0.118. The number of aromatic nitrogens is 2. The maximum absolute atomic E-state index is 12.6. The van der Waals surface area contributed by atoms with Crippen molar-refractivity contribution in [2.24, 2.45) is 12.0 Å². The van der Waals surface area contributed by atoms with Crippen molar-refractivity contribution in [1.82, 2.24) is 20.4 Å². The second-order valence-corrected chi connectivity index (χ2v) is 7.42. The molecule has 0 aliphatic carbocycles. The van der Waals surface area contributed by atoms with Gasteiger partial charge in [0.05, 0.1) is 12.2 Å². The number of carbonyl (C=O) groups excluding carboxylic acids is 1. The first-order valence-corrected chi connectivity index (χ1v) is 10.4. The number of amides is 1. The molecule has 1 aromatic heterocycles. The molecule has 0 fully saturated rings. The maximum Gasteiger partial charge on any atom is 0.227 e. The van der Waals surface area contributed by atoms with E-state index in [1.165, 1.54) is 5.56 Å². The Labute approximate surface area is 173 Å². The molecule has 1 aliphatic rings. The van der Waals surface area contributed by atoms with Crippen LogP contribution in [0.1, 0.15) is 42.3 Å². The van der Waals surface area contributed by atoms with Gasteiger partial charge in [0.1, 0.15) is 0 Å². The van der Waals surface area contributed by atoms with Gasteiger partial charge in [-0.25, -0.2) is 4.99 Å². The Balaban J connectivity index is 1.49. The molecule has 29 heavy (non-hydrogen) atoms. The molecule has 7 nitrogen and oxygen atoms in total. The van der Waals surface area contributed by atoms with E-state index in [0.29, 0.717) is 19.5 Å². The van der Waals surface area contributed by atoms with Crippen molar-refractivity contribution < 1.29 is 4.79 Å². The molecule has 2 N–H and O–H groups in total. The lowest BCUT2D eigenvalue weighted by Gasteiger charge is -2.17. The highest BCUT2D eigenvalue weighted by molar-refractivity contribution is 5.95. The van der Waals surface area contributed by atoms with Crippen LogP contribution in [0, 0.1) is 13.8 Å². The lowest BCUT2D eigenvalue weighted by atomic mass is 10.2. The molecule has 7 heteroatoms. The Bertz CT molecular complexity index is 885. The average molecular weight is 397 g/mol. The van der Waals surface area contributed by atoms with Gasteiger partial charge in [0, 0.05) is 50.0 Å². The van der Waals surface area contributed by atoms with Gasteiger partial charge in [-0.2, -0.15) is 5.10 Å². The summed E-state index contributed by atoms with van der Waals surface area (Å²) in [6.45, 7) is 9.00. The fourth-order valence-corrected chi connectivity index (χ4v) is 3.72. The molecule has 0 radical (unpaired) electrons. The molecule has 0 bridgehead atoms. The summed E-state index contributed by atoms with van der Waals surface area (Å²) in [4.78, 5) is 19.2. The van der Waals surface area contributed by atoms with Crippen LogP contribution in [0.25, 0.3) is 0 Å². The Morgan fingerprint density at radius 3 is 2.76 bits per heavy atom. The number of nitrogens with one attached hydrogen (secondary N) is 2. The summed E-state index contributed by atoms with van der Waals surface area (Å²) in [5, 5.41) is 11.1. The SMILES string of the molecule is CCNC(=NCc1c(C)nn(C)c1C)NCCCC(=O)N1CCc2ccccc21. The van der Waals surface area contributed by atoms with E-state index in [-0.39, 0.29) is 5.91 Å². The molecule has 0 saturated heterocycles. The number of rotatable bonds is 7. The third-order valence-electron chi connectivity index (χ3n) is 5.45. The number of aryl methyl sites for hydroxylation is 2. The second-order valence-electron chi connectivity index (χ2n) is 7.42. The van der Waals surface area contributed by atoms with Crippen LogP contribution in [0.15, 0.2) is 29.3 Å². The number of fused-ring (bicyclic) bond motifs is 1. The van der Waals surface area contributed by atoms with Crippen LogP contribution in [-0.2, 0) is 24.8 Å². The van der Waals surface area contributed by atoms with Gasteiger partial charge < -0.3 is 15.5 Å². The van der Waals surface area contributed by atoms with Crippen LogP contribution < -0.4 is 15.5 Å². The number of aliphatic imine (C=N–C) groups is 1. The molecule has 0 spiro atoms. The Kier molecular flexibility index (Phi) is 6.90. The van der Waals surface area contributed by atoms with E-state index in [2.05, 4.69) is 33.7 Å². The number of hydrogen-bond donors (Lipinski definition) is 2. The zero-order chi connectivity index (χ0) is 20.8. The van der Waals surface area contributed by atoms with Crippen molar-refractivity contribution >= 4 is 17.6 Å². The van der Waals surface area contributed by atoms with Crippen LogP contribution >= 0.6 is 0 Å². The quantitative estimate of drug-likeness (QED) is 0.428. The van der Waals surface area contributed by atoms with Gasteiger partial charge in [-0.05, 0) is 45.2 Å². The lowest BCUT2D eigenvalue weighted by Crippen LogP contribution is -2.38. The normalized spacial score (nSPS) is 13.5. The van der Waals surface area contributed by atoms with E-state index in [9.17, 15) is 4.79 Å². The first kappa shape index (κ1) is 20.9. The van der Waals surface area contributed by atoms with Gasteiger partial charge in [0.25, 0.3) is 0 Å². The van der Waals surface area contributed by atoms with Crippen LogP contribution in [0.5, 0.6) is 0 Å². The van der Waals surface area contributed by atoms with E-state index >= 15 is 0 Å². The molecule has 1 aliphatic heterocycles.